The average molecular weight is 366 g/mol. The molecule has 7 nitrogen and oxygen atoms in total. The van der Waals surface area contributed by atoms with Crippen LogP contribution in [-0.2, 0) is 20.0 Å². The fraction of sp³-hybridized carbons (Fsp3) is 0.333. The second-order valence-electron chi connectivity index (χ2n) is 4.16. The molecule has 1 aromatic carbocycles. The third kappa shape index (κ3) is 2.49. The van der Waals surface area contributed by atoms with Gasteiger partial charge in [0.05, 0.1) is 16.6 Å². The minimum Gasteiger partial charge on any atom is -0.367 e. The Morgan fingerprint density at radius 1 is 1.45 bits per heavy atom. The summed E-state index contributed by atoms with van der Waals surface area (Å²) in [5.74, 6) is 0.0176. The molecule has 1 atom stereocenters. The number of hydrogen-bond donors (Lipinski definition) is 2. The van der Waals surface area contributed by atoms with E-state index in [1.54, 1.807) is 0 Å². The van der Waals surface area contributed by atoms with Crippen molar-refractivity contribution in [1.82, 2.24) is 4.31 Å². The van der Waals surface area contributed by atoms with Crippen LogP contribution in [0.15, 0.2) is 21.9 Å². The summed E-state index contributed by atoms with van der Waals surface area (Å²) in [6, 6.07) is 2.15. The van der Waals surface area contributed by atoms with E-state index in [4.69, 9.17) is 28.3 Å². The van der Waals surface area contributed by atoms with Gasteiger partial charge in [0.15, 0.2) is 0 Å². The monoisotopic (exact) mass is 365 g/mol. The number of alkyl halides is 1. The van der Waals surface area contributed by atoms with Crippen molar-refractivity contribution >= 4 is 48.9 Å². The van der Waals surface area contributed by atoms with Crippen LogP contribution in [0.1, 0.15) is 0 Å². The molecule has 11 heteroatoms. The molecule has 3 N–H and O–H groups in total. The van der Waals surface area contributed by atoms with Crippen LogP contribution in [-0.4, -0.2) is 40.2 Å². The van der Waals surface area contributed by atoms with Crippen LogP contribution < -0.4 is 10.5 Å². The third-order valence-corrected chi connectivity index (χ3v) is 6.48. The van der Waals surface area contributed by atoms with Crippen LogP contribution in [0.4, 0.5) is 5.69 Å². The maximum atomic E-state index is 12.3. The Hall–Kier alpha value is -0.580. The molecule has 1 aromatic rings. The van der Waals surface area contributed by atoms with Crippen molar-refractivity contribution in [3.8, 4) is 0 Å². The van der Waals surface area contributed by atoms with Gasteiger partial charge in [-0.25, -0.2) is 22.0 Å². The number of nitrogens with one attached hydrogen (secondary N) is 1. The summed E-state index contributed by atoms with van der Waals surface area (Å²) in [5.41, 5.74) is 0.186. The second kappa shape index (κ2) is 5.00. The Balaban J connectivity index is 2.75. The van der Waals surface area contributed by atoms with Gasteiger partial charge in [-0.2, -0.15) is 4.31 Å². The third-order valence-electron chi connectivity index (χ3n) is 2.90. The number of hydrogen-bond acceptors (Lipinski definition) is 5. The van der Waals surface area contributed by atoms with E-state index in [-0.39, 0.29) is 21.5 Å². The number of rotatable bonds is 2. The van der Waals surface area contributed by atoms with Crippen LogP contribution in [0.2, 0.25) is 5.02 Å². The van der Waals surface area contributed by atoms with E-state index in [1.165, 1.54) is 13.1 Å². The minimum absolute atomic E-state index is 0.0176. The molecule has 1 aliphatic rings. The van der Waals surface area contributed by atoms with Crippen LogP contribution in [0.25, 0.3) is 0 Å². The first-order valence-electron chi connectivity index (χ1n) is 5.26. The molecule has 2 rings (SSSR count). The van der Waals surface area contributed by atoms with Crippen molar-refractivity contribution in [3.63, 3.8) is 0 Å². The van der Waals surface area contributed by atoms with Gasteiger partial charge in [-0.05, 0) is 12.1 Å². The van der Waals surface area contributed by atoms with Crippen molar-refractivity contribution in [3.05, 3.63) is 17.2 Å². The van der Waals surface area contributed by atoms with Crippen LogP contribution in [0.5, 0.6) is 0 Å². The van der Waals surface area contributed by atoms with Gasteiger partial charge in [0.1, 0.15) is 16.0 Å². The highest BCUT2D eigenvalue weighted by Crippen LogP contribution is 2.36. The first-order valence-corrected chi connectivity index (χ1v) is 9.16. The molecule has 0 bridgehead atoms. The van der Waals surface area contributed by atoms with Crippen LogP contribution >= 0.6 is 23.2 Å². The highest BCUT2D eigenvalue weighted by molar-refractivity contribution is 7.90. The molecule has 0 spiro atoms. The molecule has 0 amide bonds. The maximum absolute atomic E-state index is 12.3. The number of primary sulfonamides is 1. The van der Waals surface area contributed by atoms with Gasteiger partial charge in [-0.1, -0.05) is 11.6 Å². The Kier molecular flexibility index (Phi) is 3.95. The van der Waals surface area contributed by atoms with Crippen LogP contribution in [0, 0.1) is 0 Å². The second-order valence-corrected chi connectivity index (χ2v) is 8.37. The normalized spacial score (nSPS) is 22.1. The van der Waals surface area contributed by atoms with Gasteiger partial charge in [-0.3, -0.25) is 0 Å². The molecular formula is C9H11Cl2N3O4S2. The predicted octanol–water partition coefficient (Wildman–Crippen LogP) is 0.598. The predicted molar refractivity (Wildman–Crippen MR) is 75.9 cm³/mol. The molecule has 1 aliphatic heterocycles. The first kappa shape index (κ1) is 15.8. The topological polar surface area (TPSA) is 110 Å². The summed E-state index contributed by atoms with van der Waals surface area (Å²) in [6.45, 7) is 0. The molecule has 0 aromatic heterocycles. The molecular weight excluding hydrogens is 355 g/mol. The quantitative estimate of drug-likeness (QED) is 0.745. The van der Waals surface area contributed by atoms with Crippen molar-refractivity contribution in [2.24, 2.45) is 5.14 Å². The van der Waals surface area contributed by atoms with Gasteiger partial charge < -0.3 is 5.32 Å². The summed E-state index contributed by atoms with van der Waals surface area (Å²) < 4.78 is 48.4. The first-order chi connectivity index (χ1) is 9.09. The van der Waals surface area contributed by atoms with Crippen molar-refractivity contribution in [2.45, 2.75) is 16.0 Å². The zero-order chi connectivity index (χ0) is 15.3. The zero-order valence-electron chi connectivity index (χ0n) is 10.2. The van der Waals surface area contributed by atoms with Crippen molar-refractivity contribution in [1.29, 1.82) is 0 Å². The van der Waals surface area contributed by atoms with E-state index < -0.39 is 31.1 Å². The molecule has 0 aliphatic carbocycles. The standard InChI is InChI=1S/C9H11Cl2N3O4S2/c1-14-9(4-10)13-6-2-5(11)7(19(12,15)16)3-8(6)20(14,17)18/h2-3,9,13H,4H2,1H3,(H2,12,15,16)/i2+1,3+1,5+1,6+1,7+1,8+1. The van der Waals surface area contributed by atoms with Gasteiger partial charge >= 0.3 is 0 Å². The van der Waals surface area contributed by atoms with Crippen molar-refractivity contribution < 1.29 is 16.8 Å². The fourth-order valence-electron chi connectivity index (χ4n) is 1.81. The smallest absolute Gasteiger partial charge is 0.246 e. The number of halogens is 2. The lowest BCUT2D eigenvalue weighted by Gasteiger charge is -2.33. The summed E-state index contributed by atoms with van der Waals surface area (Å²) in [6.07, 6.45) is -0.648. The molecule has 0 saturated carbocycles. The SMILES string of the molecule is CN1C(CCl)N[13c]2[13cH][13c](Cl)[13c](S(N)(=O)=O)[13cH][13c]2S1(=O)=O. The van der Waals surface area contributed by atoms with Crippen LogP contribution in [0.3, 0.4) is 0 Å². The Morgan fingerprint density at radius 2 is 2.05 bits per heavy atom. The molecule has 1 heterocycles. The summed E-state index contributed by atoms with van der Waals surface area (Å²) >= 11 is 11.5. The molecule has 1 unspecified atom stereocenters. The largest absolute Gasteiger partial charge is 0.367 e. The van der Waals surface area contributed by atoms with Gasteiger partial charge in [0.2, 0.25) is 20.0 Å². The number of sulfonamides is 2. The number of nitrogens with two attached hydrogens (primary N) is 1. The van der Waals surface area contributed by atoms with Gasteiger partial charge in [-0.15, -0.1) is 11.6 Å². The Bertz CT molecular complexity index is 764. The van der Waals surface area contributed by atoms with Crippen molar-refractivity contribution in [2.75, 3.05) is 18.2 Å². The lowest BCUT2D eigenvalue weighted by molar-refractivity contribution is 0.411. The van der Waals surface area contributed by atoms with E-state index in [2.05, 4.69) is 5.32 Å². The summed E-state index contributed by atoms with van der Waals surface area (Å²) in [5, 5.41) is 7.71. The minimum atomic E-state index is -4.12. The maximum Gasteiger partial charge on any atom is 0.246 e. The zero-order valence-corrected chi connectivity index (χ0v) is 13.3. The van der Waals surface area contributed by atoms with E-state index in [1.807, 2.05) is 0 Å². The number of benzene rings is 1. The highest BCUT2D eigenvalue weighted by Gasteiger charge is 2.36. The molecule has 20 heavy (non-hydrogen) atoms. The lowest BCUT2D eigenvalue weighted by atomic mass is 10.6. The number of fused-ring (bicyclic) bond motifs is 1. The summed E-state index contributed by atoms with van der Waals surface area (Å²) in [4.78, 5) is -0.657. The molecule has 112 valence electrons. The highest BCUT2D eigenvalue weighted by atomic mass is 35.5. The Morgan fingerprint density at radius 3 is 2.55 bits per heavy atom. The van der Waals surface area contributed by atoms with E-state index >= 15 is 0 Å². The molecule has 0 fully saturated rings. The number of anilines is 1. The van der Waals surface area contributed by atoms with E-state index in [9.17, 15) is 16.8 Å². The Labute approximate surface area is 126 Å². The fourth-order valence-corrected chi connectivity index (χ4v) is 4.78. The average Bonchev–Trinajstić information content (AvgIpc) is 2.31. The van der Waals surface area contributed by atoms with E-state index in [0.29, 0.717) is 0 Å². The number of nitrogens with zero attached hydrogens (tertiary/aromatic N) is 1. The lowest BCUT2D eigenvalue weighted by Crippen LogP contribution is -2.47. The summed E-state index contributed by atoms with van der Waals surface area (Å²) in [7, 11) is -6.66. The van der Waals surface area contributed by atoms with Gasteiger partial charge in [0, 0.05) is 7.05 Å². The van der Waals surface area contributed by atoms with Gasteiger partial charge in [0.25, 0.3) is 0 Å². The molecule has 0 saturated heterocycles. The molecule has 0 radical (unpaired) electrons. The van der Waals surface area contributed by atoms with E-state index in [0.717, 1.165) is 10.4 Å².